The zero-order chi connectivity index (χ0) is 16.5. The maximum absolute atomic E-state index is 12.1. The molecule has 8 N–H and O–H groups in total. The molecule has 9 nitrogen and oxygen atoms in total. The lowest BCUT2D eigenvalue weighted by Crippen LogP contribution is -2.52. The van der Waals surface area contributed by atoms with Gasteiger partial charge in [0.2, 0.25) is 11.8 Å². The van der Waals surface area contributed by atoms with E-state index in [9.17, 15) is 9.59 Å². The van der Waals surface area contributed by atoms with E-state index in [-0.39, 0.29) is 17.8 Å². The van der Waals surface area contributed by atoms with E-state index >= 15 is 0 Å². The lowest BCUT2D eigenvalue weighted by Gasteiger charge is -2.26. The molecule has 1 fully saturated rings. The summed E-state index contributed by atoms with van der Waals surface area (Å²) in [5.41, 5.74) is 10.7. The number of carbonyl (C=O) groups is 2. The second kappa shape index (κ2) is 9.21. The predicted molar refractivity (Wildman–Crippen MR) is 82.0 cm³/mol. The van der Waals surface area contributed by atoms with Crippen LogP contribution in [-0.4, -0.2) is 66.1 Å². The quantitative estimate of drug-likeness (QED) is 0.168. The minimum absolute atomic E-state index is 0.0654. The van der Waals surface area contributed by atoms with Crippen molar-refractivity contribution in [3.05, 3.63) is 0 Å². The third-order valence-corrected chi connectivity index (χ3v) is 3.57. The van der Waals surface area contributed by atoms with Crippen molar-refractivity contribution in [1.82, 2.24) is 15.5 Å². The minimum atomic E-state index is -0.967. The lowest BCUT2D eigenvalue weighted by atomic mass is 10.2. The van der Waals surface area contributed by atoms with Crippen LogP contribution in [0.5, 0.6) is 0 Å². The zero-order valence-electron chi connectivity index (χ0n) is 12.7. The maximum atomic E-state index is 12.1. The smallest absolute Gasteiger partial charge is 0.242 e. The van der Waals surface area contributed by atoms with Gasteiger partial charge in [-0.25, -0.2) is 0 Å². The number of amides is 2. The SMILES string of the molecule is N=C(N)NCCCCNC(=O)[C@@H]1CCCN1C(=O)[C@@H](N)CO. The fourth-order valence-corrected chi connectivity index (χ4v) is 2.40. The monoisotopic (exact) mass is 314 g/mol. The van der Waals surface area contributed by atoms with Crippen molar-refractivity contribution in [2.24, 2.45) is 11.5 Å². The van der Waals surface area contributed by atoms with Gasteiger partial charge < -0.3 is 32.1 Å². The molecule has 2 amide bonds. The molecule has 2 atom stereocenters. The summed E-state index contributed by atoms with van der Waals surface area (Å²) in [7, 11) is 0. The Hall–Kier alpha value is -1.87. The summed E-state index contributed by atoms with van der Waals surface area (Å²) in [6.07, 6.45) is 2.90. The van der Waals surface area contributed by atoms with Crippen molar-refractivity contribution in [2.45, 2.75) is 37.8 Å². The molecule has 22 heavy (non-hydrogen) atoms. The molecule has 0 aliphatic carbocycles. The normalized spacial score (nSPS) is 18.8. The van der Waals surface area contributed by atoms with Crippen LogP contribution in [0, 0.1) is 5.41 Å². The summed E-state index contributed by atoms with van der Waals surface area (Å²) in [5.74, 6) is -0.634. The van der Waals surface area contributed by atoms with Gasteiger partial charge in [-0.1, -0.05) is 0 Å². The number of hydrogen-bond acceptors (Lipinski definition) is 5. The van der Waals surface area contributed by atoms with Gasteiger partial charge in [-0.15, -0.1) is 0 Å². The summed E-state index contributed by atoms with van der Waals surface area (Å²) in [6, 6.07) is -1.47. The van der Waals surface area contributed by atoms with E-state index in [4.69, 9.17) is 22.0 Å². The van der Waals surface area contributed by atoms with E-state index in [1.54, 1.807) is 0 Å². The Balaban J connectivity index is 2.31. The summed E-state index contributed by atoms with van der Waals surface area (Å²) in [6.45, 7) is 1.16. The van der Waals surface area contributed by atoms with Gasteiger partial charge in [0, 0.05) is 19.6 Å². The predicted octanol–water partition coefficient (Wildman–Crippen LogP) is -2.32. The molecular formula is C13H26N6O3. The van der Waals surface area contributed by atoms with Crippen LogP contribution in [0.25, 0.3) is 0 Å². The van der Waals surface area contributed by atoms with Crippen LogP contribution in [-0.2, 0) is 9.59 Å². The second-order valence-corrected chi connectivity index (χ2v) is 5.32. The Kier molecular flexibility index (Phi) is 7.61. The van der Waals surface area contributed by atoms with Gasteiger partial charge in [-0.05, 0) is 25.7 Å². The Morgan fingerprint density at radius 2 is 1.95 bits per heavy atom. The van der Waals surface area contributed by atoms with Crippen molar-refractivity contribution in [1.29, 1.82) is 5.41 Å². The number of rotatable bonds is 8. The molecule has 0 bridgehead atoms. The van der Waals surface area contributed by atoms with Crippen molar-refractivity contribution in [3.63, 3.8) is 0 Å². The topological polar surface area (TPSA) is 158 Å². The van der Waals surface area contributed by atoms with Crippen molar-refractivity contribution < 1.29 is 14.7 Å². The van der Waals surface area contributed by atoms with Gasteiger partial charge in [0.05, 0.1) is 6.61 Å². The number of likely N-dealkylation sites (tertiary alicyclic amines) is 1. The summed E-state index contributed by atoms with van der Waals surface area (Å²) in [4.78, 5) is 25.6. The molecule has 1 aliphatic heterocycles. The van der Waals surface area contributed by atoms with Gasteiger partial charge >= 0.3 is 0 Å². The van der Waals surface area contributed by atoms with Crippen LogP contribution in [0.1, 0.15) is 25.7 Å². The molecule has 0 aromatic carbocycles. The third kappa shape index (κ3) is 5.49. The number of aliphatic hydroxyl groups is 1. The van der Waals surface area contributed by atoms with E-state index in [2.05, 4.69) is 10.6 Å². The van der Waals surface area contributed by atoms with Crippen molar-refractivity contribution in [3.8, 4) is 0 Å². The average molecular weight is 314 g/mol. The van der Waals surface area contributed by atoms with E-state index < -0.39 is 18.7 Å². The molecule has 126 valence electrons. The Morgan fingerprint density at radius 3 is 2.55 bits per heavy atom. The molecule has 1 aliphatic rings. The molecule has 0 aromatic heterocycles. The molecule has 0 aromatic rings. The number of unbranched alkanes of at least 4 members (excludes halogenated alkanes) is 1. The molecule has 1 heterocycles. The molecule has 0 spiro atoms. The number of nitrogens with one attached hydrogen (secondary N) is 3. The van der Waals surface area contributed by atoms with Gasteiger partial charge in [0.15, 0.2) is 5.96 Å². The summed E-state index contributed by atoms with van der Waals surface area (Å²) < 4.78 is 0. The molecule has 1 saturated heterocycles. The average Bonchev–Trinajstić information content (AvgIpc) is 2.98. The standard InChI is InChI=1S/C13H26N6O3/c14-9(8-20)12(22)19-7-3-4-10(19)11(21)17-5-1-2-6-18-13(15)16/h9-10,20H,1-8,14H2,(H,17,21)(H4,15,16,18)/t9-,10-/m0/s1. The summed E-state index contributed by atoms with van der Waals surface area (Å²) >= 11 is 0. The van der Waals surface area contributed by atoms with Crippen LogP contribution < -0.4 is 22.1 Å². The largest absolute Gasteiger partial charge is 0.394 e. The van der Waals surface area contributed by atoms with Crippen LogP contribution in [0.15, 0.2) is 0 Å². The first-order chi connectivity index (χ1) is 10.5. The van der Waals surface area contributed by atoms with Crippen LogP contribution in [0.4, 0.5) is 0 Å². The number of aliphatic hydroxyl groups excluding tert-OH is 1. The first kappa shape index (κ1) is 18.2. The fraction of sp³-hybridized carbons (Fsp3) is 0.769. The Labute approximate surface area is 129 Å². The van der Waals surface area contributed by atoms with Crippen molar-refractivity contribution in [2.75, 3.05) is 26.2 Å². The lowest BCUT2D eigenvalue weighted by molar-refractivity contribution is -0.140. The molecular weight excluding hydrogens is 288 g/mol. The van der Waals surface area contributed by atoms with Crippen LogP contribution >= 0.6 is 0 Å². The van der Waals surface area contributed by atoms with E-state index in [1.165, 1.54) is 4.90 Å². The van der Waals surface area contributed by atoms with Gasteiger partial charge in [0.1, 0.15) is 12.1 Å². The molecule has 0 saturated carbocycles. The molecule has 1 rings (SSSR count). The number of hydrogen-bond donors (Lipinski definition) is 6. The number of nitrogens with two attached hydrogens (primary N) is 2. The van der Waals surface area contributed by atoms with Gasteiger partial charge in [-0.2, -0.15) is 0 Å². The second-order valence-electron chi connectivity index (χ2n) is 5.32. The molecule has 0 radical (unpaired) electrons. The number of nitrogens with zero attached hydrogens (tertiary/aromatic N) is 1. The van der Waals surface area contributed by atoms with Gasteiger partial charge in [-0.3, -0.25) is 15.0 Å². The third-order valence-electron chi connectivity index (χ3n) is 3.57. The van der Waals surface area contributed by atoms with Crippen molar-refractivity contribution >= 4 is 17.8 Å². The highest BCUT2D eigenvalue weighted by Gasteiger charge is 2.35. The van der Waals surface area contributed by atoms with E-state index in [1.807, 2.05) is 0 Å². The van der Waals surface area contributed by atoms with Crippen LogP contribution in [0.3, 0.4) is 0 Å². The molecule has 0 unspecified atom stereocenters. The zero-order valence-corrected chi connectivity index (χ0v) is 12.7. The summed E-state index contributed by atoms with van der Waals surface area (Å²) in [5, 5.41) is 21.4. The van der Waals surface area contributed by atoms with Crippen LogP contribution in [0.2, 0.25) is 0 Å². The highest BCUT2D eigenvalue weighted by atomic mass is 16.3. The maximum Gasteiger partial charge on any atom is 0.242 e. The Morgan fingerprint density at radius 1 is 1.32 bits per heavy atom. The Bertz CT molecular complexity index is 403. The first-order valence-corrected chi connectivity index (χ1v) is 7.50. The minimum Gasteiger partial charge on any atom is -0.394 e. The molecule has 9 heteroatoms. The fourth-order valence-electron chi connectivity index (χ4n) is 2.40. The highest BCUT2D eigenvalue weighted by Crippen LogP contribution is 2.18. The number of carbonyl (C=O) groups excluding carboxylic acids is 2. The highest BCUT2D eigenvalue weighted by molar-refractivity contribution is 5.90. The van der Waals surface area contributed by atoms with E-state index in [0.29, 0.717) is 26.1 Å². The van der Waals surface area contributed by atoms with E-state index in [0.717, 1.165) is 19.3 Å². The number of guanidine groups is 1. The van der Waals surface area contributed by atoms with Gasteiger partial charge in [0.25, 0.3) is 0 Å². The first-order valence-electron chi connectivity index (χ1n) is 7.50.